The van der Waals surface area contributed by atoms with Gasteiger partial charge in [0.25, 0.3) is 17.7 Å². The number of ether oxygens (including phenoxy) is 1. The zero-order chi connectivity index (χ0) is 32.8. The van der Waals surface area contributed by atoms with Crippen LogP contribution >= 0.6 is 0 Å². The highest BCUT2D eigenvalue weighted by atomic mass is 16.5. The Kier molecular flexibility index (Phi) is 7.39. The Labute approximate surface area is 268 Å². The van der Waals surface area contributed by atoms with Crippen LogP contribution in [0, 0.1) is 0 Å². The Balaban J connectivity index is 1.19. The van der Waals surface area contributed by atoms with E-state index in [4.69, 9.17) is 15.5 Å². The molecule has 2 aromatic carbocycles. The van der Waals surface area contributed by atoms with Gasteiger partial charge >= 0.3 is 0 Å². The maximum absolute atomic E-state index is 13.4. The third-order valence-electron chi connectivity index (χ3n) is 8.77. The van der Waals surface area contributed by atoms with Crippen LogP contribution in [0.3, 0.4) is 0 Å². The molecule has 47 heavy (non-hydrogen) atoms. The van der Waals surface area contributed by atoms with Crippen LogP contribution in [0.2, 0.25) is 0 Å². The van der Waals surface area contributed by atoms with E-state index in [1.165, 1.54) is 7.11 Å². The molecule has 0 spiro atoms. The largest absolute Gasteiger partial charge is 0.495 e. The second-order valence-electron chi connectivity index (χ2n) is 11.4. The number of nitrogens with one attached hydrogen (secondary N) is 2. The monoisotopic (exact) mass is 634 g/mol. The first-order chi connectivity index (χ1) is 22.8. The van der Waals surface area contributed by atoms with Crippen molar-refractivity contribution in [1.29, 1.82) is 0 Å². The lowest BCUT2D eigenvalue weighted by molar-refractivity contribution is -0.136. The van der Waals surface area contributed by atoms with E-state index in [-0.39, 0.29) is 35.3 Å². The molecule has 0 radical (unpaired) electrons. The minimum Gasteiger partial charge on any atom is -0.495 e. The number of anilines is 2. The molecule has 4 aromatic rings. The number of benzene rings is 2. The van der Waals surface area contributed by atoms with E-state index in [0.29, 0.717) is 54.5 Å². The predicted molar refractivity (Wildman–Crippen MR) is 170 cm³/mol. The number of hydrogen-bond acceptors (Lipinski definition) is 10. The fourth-order valence-electron chi connectivity index (χ4n) is 6.49. The summed E-state index contributed by atoms with van der Waals surface area (Å²) in [7, 11) is 1.49. The highest BCUT2D eigenvalue weighted by molar-refractivity contribution is 6.23. The molecule has 5 heterocycles. The zero-order valence-electron chi connectivity index (χ0n) is 25.4. The van der Waals surface area contributed by atoms with E-state index in [9.17, 15) is 24.0 Å². The molecule has 5 amide bonds. The van der Waals surface area contributed by atoms with Crippen molar-refractivity contribution in [3.05, 3.63) is 77.5 Å². The summed E-state index contributed by atoms with van der Waals surface area (Å²) in [6, 6.07) is 15.1. The summed E-state index contributed by atoms with van der Waals surface area (Å²) < 4.78 is 5.84. The van der Waals surface area contributed by atoms with Gasteiger partial charge < -0.3 is 20.3 Å². The van der Waals surface area contributed by atoms with Gasteiger partial charge in [0.05, 0.1) is 35.2 Å². The van der Waals surface area contributed by atoms with Gasteiger partial charge in [0.15, 0.2) is 0 Å². The van der Waals surface area contributed by atoms with Gasteiger partial charge in [-0.25, -0.2) is 4.98 Å². The molecule has 14 heteroatoms. The topological polar surface area (TPSA) is 184 Å². The highest BCUT2D eigenvalue weighted by Gasteiger charge is 2.45. The number of piperidine rings is 1. The van der Waals surface area contributed by atoms with E-state index in [1.54, 1.807) is 30.5 Å². The number of hydrogen-bond donors (Lipinski definition) is 3. The molecular weight excluding hydrogens is 604 g/mol. The van der Waals surface area contributed by atoms with Crippen LogP contribution in [0.5, 0.6) is 5.75 Å². The standard InChI is InChI=1S/C33H30N8O6/c1-47-28-25(22-11-12-35-38-22)30(37-27(26(28)29(34)43)18-5-3-2-4-6-18)40-15-13-39(14-16-40)19-7-8-20-21(17-19)33(46)41(32(20)45)23-9-10-24(42)36-31(23)44/h2-8,11-12,17,23H,9-10,13-16H2,1H3,(H2,34,43)(H,35,38)(H,36,42,44). The van der Waals surface area contributed by atoms with E-state index < -0.39 is 35.6 Å². The molecule has 7 rings (SSSR count). The van der Waals surface area contributed by atoms with Crippen LogP contribution in [0.1, 0.15) is 43.9 Å². The number of carbonyl (C=O) groups excluding carboxylic acids is 5. The first-order valence-electron chi connectivity index (χ1n) is 15.1. The number of fused-ring (bicyclic) bond motifs is 1. The molecule has 0 saturated carbocycles. The zero-order valence-corrected chi connectivity index (χ0v) is 25.4. The number of imide groups is 2. The number of carbonyl (C=O) groups is 5. The van der Waals surface area contributed by atoms with E-state index in [2.05, 4.69) is 25.3 Å². The molecule has 0 bridgehead atoms. The summed E-state index contributed by atoms with van der Waals surface area (Å²) >= 11 is 0. The number of nitrogens with two attached hydrogens (primary N) is 1. The molecule has 1 unspecified atom stereocenters. The van der Waals surface area contributed by atoms with Gasteiger partial charge in [-0.3, -0.25) is 39.3 Å². The molecule has 3 aliphatic heterocycles. The number of piperazine rings is 1. The van der Waals surface area contributed by atoms with E-state index in [0.717, 1.165) is 10.6 Å². The van der Waals surface area contributed by atoms with Crippen molar-refractivity contribution in [2.24, 2.45) is 5.73 Å². The molecule has 2 fully saturated rings. The van der Waals surface area contributed by atoms with Crippen LogP contribution in [-0.4, -0.2) is 88.9 Å². The van der Waals surface area contributed by atoms with Gasteiger partial charge in [-0.05, 0) is 30.7 Å². The second-order valence-corrected chi connectivity index (χ2v) is 11.4. The van der Waals surface area contributed by atoms with Crippen LogP contribution in [-0.2, 0) is 9.59 Å². The quantitative estimate of drug-likeness (QED) is 0.254. The lowest BCUT2D eigenvalue weighted by Crippen LogP contribution is -2.54. The van der Waals surface area contributed by atoms with Crippen molar-refractivity contribution in [3.8, 4) is 28.3 Å². The average molecular weight is 635 g/mol. The number of methoxy groups -OCH3 is 1. The number of nitrogens with zero attached hydrogens (tertiary/aromatic N) is 5. The number of H-pyrrole nitrogens is 1. The summed E-state index contributed by atoms with van der Waals surface area (Å²) in [5.41, 5.74) is 9.54. The smallest absolute Gasteiger partial charge is 0.262 e. The number of primary amides is 1. The molecule has 2 aromatic heterocycles. The van der Waals surface area contributed by atoms with E-state index >= 15 is 0 Å². The molecular formula is C33H30N8O6. The van der Waals surface area contributed by atoms with Crippen molar-refractivity contribution < 1.29 is 28.7 Å². The minimum absolute atomic E-state index is 0.0558. The Hall–Kier alpha value is -6.05. The van der Waals surface area contributed by atoms with Gasteiger partial charge in [0.2, 0.25) is 11.8 Å². The van der Waals surface area contributed by atoms with Crippen LogP contribution in [0.15, 0.2) is 60.8 Å². The molecule has 3 aliphatic rings. The molecule has 0 aliphatic carbocycles. The highest BCUT2D eigenvalue weighted by Crippen LogP contribution is 2.43. The summed E-state index contributed by atoms with van der Waals surface area (Å²) in [5.74, 6) is -1.97. The second kappa shape index (κ2) is 11.7. The number of pyridine rings is 1. The van der Waals surface area contributed by atoms with Crippen molar-refractivity contribution in [1.82, 2.24) is 25.4 Å². The molecule has 1 atom stereocenters. The maximum atomic E-state index is 13.4. The van der Waals surface area contributed by atoms with Gasteiger partial charge in [-0.1, -0.05) is 30.3 Å². The Morgan fingerprint density at radius 3 is 2.32 bits per heavy atom. The van der Waals surface area contributed by atoms with Crippen molar-refractivity contribution >= 4 is 41.0 Å². The lowest BCUT2D eigenvalue weighted by atomic mass is 9.99. The fourth-order valence-corrected chi connectivity index (χ4v) is 6.49. The molecule has 238 valence electrons. The van der Waals surface area contributed by atoms with Crippen molar-refractivity contribution in [3.63, 3.8) is 0 Å². The summed E-state index contributed by atoms with van der Waals surface area (Å²) in [4.78, 5) is 73.6. The summed E-state index contributed by atoms with van der Waals surface area (Å²) in [5, 5.41) is 9.29. The van der Waals surface area contributed by atoms with Gasteiger partial charge in [0, 0.05) is 50.0 Å². The minimum atomic E-state index is -1.03. The molecule has 2 saturated heterocycles. The van der Waals surface area contributed by atoms with Crippen LogP contribution in [0.4, 0.5) is 11.5 Å². The van der Waals surface area contributed by atoms with Crippen molar-refractivity contribution in [2.45, 2.75) is 18.9 Å². The van der Waals surface area contributed by atoms with E-state index in [1.807, 2.05) is 30.3 Å². The lowest BCUT2D eigenvalue weighted by Gasteiger charge is -2.38. The molecule has 14 nitrogen and oxygen atoms in total. The summed E-state index contributed by atoms with van der Waals surface area (Å²) in [6.45, 7) is 2.13. The SMILES string of the molecule is COc1c(C(N)=O)c(-c2ccccc2)nc(N2CCN(c3ccc4c(c3)C(=O)N(C3CCC(=O)NC3=O)C4=O)CC2)c1-c1ccn[nH]1. The van der Waals surface area contributed by atoms with Crippen LogP contribution < -0.4 is 25.6 Å². The first kappa shape index (κ1) is 29.6. The van der Waals surface area contributed by atoms with Gasteiger partial charge in [-0.2, -0.15) is 5.10 Å². The van der Waals surface area contributed by atoms with Gasteiger partial charge in [-0.15, -0.1) is 0 Å². The number of aromatic nitrogens is 3. The maximum Gasteiger partial charge on any atom is 0.262 e. The normalized spacial score (nSPS) is 18.0. The average Bonchev–Trinajstić information content (AvgIpc) is 3.70. The number of rotatable bonds is 7. The fraction of sp³-hybridized carbons (Fsp3) is 0.242. The number of amides is 5. The third-order valence-corrected chi connectivity index (χ3v) is 8.77. The Morgan fingerprint density at radius 1 is 0.936 bits per heavy atom. The Morgan fingerprint density at radius 2 is 1.66 bits per heavy atom. The Bertz CT molecular complexity index is 1940. The predicted octanol–water partition coefficient (Wildman–Crippen LogP) is 1.97. The van der Waals surface area contributed by atoms with Crippen molar-refractivity contribution in [2.75, 3.05) is 43.1 Å². The first-order valence-corrected chi connectivity index (χ1v) is 15.1. The van der Waals surface area contributed by atoms with Gasteiger partial charge in [0.1, 0.15) is 23.2 Å². The molecule has 4 N–H and O–H groups in total. The van der Waals surface area contributed by atoms with Crippen LogP contribution in [0.25, 0.3) is 22.5 Å². The number of aromatic amines is 1. The summed E-state index contributed by atoms with van der Waals surface area (Å²) in [6.07, 6.45) is 1.75. The third kappa shape index (κ3) is 5.03.